The second-order valence-corrected chi connectivity index (χ2v) is 8.90. The highest BCUT2D eigenvalue weighted by Gasteiger charge is 2.19. The Morgan fingerprint density at radius 2 is 1.75 bits per heavy atom. The molecule has 0 aliphatic carbocycles. The van der Waals surface area contributed by atoms with E-state index in [4.69, 9.17) is 4.42 Å². The third kappa shape index (κ3) is 3.83. The fraction of sp³-hybridized carbons (Fsp3) is 0.350. The van der Waals surface area contributed by atoms with Crippen molar-refractivity contribution in [2.75, 3.05) is 17.8 Å². The summed E-state index contributed by atoms with van der Waals surface area (Å²) in [6.45, 7) is 4.29. The molecule has 2 aromatic carbocycles. The number of likely N-dealkylation sites (tertiary alicyclic amines) is 1. The highest BCUT2D eigenvalue weighted by Crippen LogP contribution is 2.22. The van der Waals surface area contributed by atoms with Gasteiger partial charge in [-0.15, -0.1) is 0 Å². The molecule has 1 aliphatic heterocycles. The predicted octanol–water partition coefficient (Wildman–Crippen LogP) is 3.15. The maximum Gasteiger partial charge on any atom is 0.421 e. The monoisotopic (exact) mass is 401 g/mol. The molecule has 0 atom stereocenters. The molecule has 1 saturated heterocycles. The molecule has 1 aromatic heterocycles. The van der Waals surface area contributed by atoms with Gasteiger partial charge in [0, 0.05) is 11.8 Å². The number of fused-ring (bicyclic) bond motifs is 1. The summed E-state index contributed by atoms with van der Waals surface area (Å²) < 4.78 is 34.8. The van der Waals surface area contributed by atoms with E-state index in [-0.39, 0.29) is 10.5 Å². The van der Waals surface area contributed by atoms with Crippen molar-refractivity contribution < 1.29 is 12.8 Å². The smallest absolute Gasteiger partial charge is 0.408 e. The van der Waals surface area contributed by atoms with Crippen molar-refractivity contribution in [2.45, 2.75) is 37.8 Å². The van der Waals surface area contributed by atoms with E-state index in [1.54, 1.807) is 22.8 Å². The molecule has 3 aromatic rings. The number of sulfonamides is 1. The van der Waals surface area contributed by atoms with E-state index >= 15 is 0 Å². The first-order valence-corrected chi connectivity index (χ1v) is 10.9. The lowest BCUT2D eigenvalue weighted by molar-refractivity contribution is 0.179. The van der Waals surface area contributed by atoms with Gasteiger partial charge in [0.15, 0.2) is 5.58 Å². The summed E-state index contributed by atoms with van der Waals surface area (Å²) in [5.74, 6) is -0.471. The molecule has 28 heavy (non-hydrogen) atoms. The Labute approximate surface area is 163 Å². The quantitative estimate of drug-likeness (QED) is 0.710. The summed E-state index contributed by atoms with van der Waals surface area (Å²) >= 11 is 0. The van der Waals surface area contributed by atoms with Crippen molar-refractivity contribution in [3.63, 3.8) is 0 Å². The van der Waals surface area contributed by atoms with Crippen LogP contribution in [-0.2, 0) is 16.7 Å². The topological polar surface area (TPSA) is 84.5 Å². The van der Waals surface area contributed by atoms with Gasteiger partial charge in [-0.05, 0) is 57.1 Å². The number of hydrogen-bond donors (Lipinski definition) is 1. The van der Waals surface area contributed by atoms with Crippen LogP contribution in [0.2, 0.25) is 0 Å². The zero-order chi connectivity index (χ0) is 19.7. The van der Waals surface area contributed by atoms with Crippen LogP contribution < -0.4 is 10.5 Å². The number of hydrogen-bond acceptors (Lipinski definition) is 5. The summed E-state index contributed by atoms with van der Waals surface area (Å²) in [5.41, 5.74) is 2.40. The molecule has 7 nitrogen and oxygen atoms in total. The first-order chi connectivity index (χ1) is 13.4. The van der Waals surface area contributed by atoms with E-state index in [2.05, 4.69) is 9.62 Å². The fourth-order valence-electron chi connectivity index (χ4n) is 3.48. The molecule has 4 rings (SSSR count). The zero-order valence-electron chi connectivity index (χ0n) is 15.7. The normalized spacial score (nSPS) is 15.8. The SMILES string of the molecule is Cc1ccc(NS(=O)(=O)c2ccc3c(c2)oc(=O)n3CN2CCCCC2)cc1. The third-order valence-electron chi connectivity index (χ3n) is 5.04. The number of anilines is 1. The second-order valence-electron chi connectivity index (χ2n) is 7.22. The average molecular weight is 401 g/mol. The van der Waals surface area contributed by atoms with Crippen LogP contribution >= 0.6 is 0 Å². The molecule has 1 fully saturated rings. The minimum absolute atomic E-state index is 0.0550. The average Bonchev–Trinajstić information content (AvgIpc) is 2.99. The Bertz CT molecular complexity index is 1140. The first-order valence-electron chi connectivity index (χ1n) is 9.38. The molecule has 0 unspecified atom stereocenters. The summed E-state index contributed by atoms with van der Waals surface area (Å²) in [7, 11) is -3.78. The van der Waals surface area contributed by atoms with Gasteiger partial charge in [-0.25, -0.2) is 13.2 Å². The Hall–Kier alpha value is -2.58. The lowest BCUT2D eigenvalue weighted by Crippen LogP contribution is -2.34. The Balaban J connectivity index is 1.62. The summed E-state index contributed by atoms with van der Waals surface area (Å²) in [4.78, 5) is 14.6. The highest BCUT2D eigenvalue weighted by molar-refractivity contribution is 7.92. The summed E-state index contributed by atoms with van der Waals surface area (Å²) in [6.07, 6.45) is 3.46. The molecule has 0 saturated carbocycles. The van der Waals surface area contributed by atoms with Crippen molar-refractivity contribution in [3.8, 4) is 0 Å². The standard InChI is InChI=1S/C20H23N3O4S/c1-15-5-7-16(8-6-15)21-28(25,26)17-9-10-18-19(13-17)27-20(24)23(18)14-22-11-3-2-4-12-22/h5-10,13,21H,2-4,11-12,14H2,1H3. The van der Waals surface area contributed by atoms with Gasteiger partial charge in [0.25, 0.3) is 10.0 Å². The van der Waals surface area contributed by atoms with E-state index in [1.165, 1.54) is 18.6 Å². The maximum absolute atomic E-state index is 12.7. The van der Waals surface area contributed by atoms with Crippen LogP contribution in [0.25, 0.3) is 11.1 Å². The molecular formula is C20H23N3O4S. The van der Waals surface area contributed by atoms with Crippen LogP contribution in [0.1, 0.15) is 24.8 Å². The van der Waals surface area contributed by atoms with Crippen LogP contribution in [0.15, 0.2) is 56.6 Å². The number of piperidine rings is 1. The lowest BCUT2D eigenvalue weighted by Gasteiger charge is -2.26. The fourth-order valence-corrected chi connectivity index (χ4v) is 4.56. The molecule has 0 radical (unpaired) electrons. The van der Waals surface area contributed by atoms with E-state index in [1.807, 2.05) is 19.1 Å². The number of nitrogens with one attached hydrogen (secondary N) is 1. The number of aryl methyl sites for hydroxylation is 1. The van der Waals surface area contributed by atoms with Crippen molar-refractivity contribution in [3.05, 3.63) is 58.6 Å². The van der Waals surface area contributed by atoms with Gasteiger partial charge in [0.05, 0.1) is 17.1 Å². The molecule has 0 spiro atoms. The van der Waals surface area contributed by atoms with Gasteiger partial charge in [-0.1, -0.05) is 24.1 Å². The molecule has 1 aliphatic rings. The van der Waals surface area contributed by atoms with Crippen LogP contribution in [0.4, 0.5) is 5.69 Å². The zero-order valence-corrected chi connectivity index (χ0v) is 16.5. The highest BCUT2D eigenvalue weighted by atomic mass is 32.2. The van der Waals surface area contributed by atoms with Crippen LogP contribution in [-0.4, -0.2) is 31.0 Å². The van der Waals surface area contributed by atoms with Crippen LogP contribution in [0.5, 0.6) is 0 Å². The van der Waals surface area contributed by atoms with E-state index in [0.717, 1.165) is 31.5 Å². The molecule has 8 heteroatoms. The number of benzene rings is 2. The first kappa shape index (κ1) is 18.8. The van der Waals surface area contributed by atoms with Gasteiger partial charge in [0.1, 0.15) is 0 Å². The van der Waals surface area contributed by atoms with Gasteiger partial charge in [-0.2, -0.15) is 0 Å². The van der Waals surface area contributed by atoms with Crippen LogP contribution in [0, 0.1) is 6.92 Å². The molecule has 1 N–H and O–H groups in total. The van der Waals surface area contributed by atoms with Gasteiger partial charge in [-0.3, -0.25) is 14.2 Å². The van der Waals surface area contributed by atoms with Crippen LogP contribution in [0.3, 0.4) is 0 Å². The van der Waals surface area contributed by atoms with E-state index < -0.39 is 15.8 Å². The maximum atomic E-state index is 12.7. The van der Waals surface area contributed by atoms with Gasteiger partial charge in [0.2, 0.25) is 0 Å². The minimum atomic E-state index is -3.78. The number of rotatable bonds is 5. The minimum Gasteiger partial charge on any atom is -0.408 e. The molecule has 148 valence electrons. The molecule has 0 amide bonds. The second kappa shape index (κ2) is 7.44. The Morgan fingerprint density at radius 1 is 1.04 bits per heavy atom. The van der Waals surface area contributed by atoms with Crippen molar-refractivity contribution in [2.24, 2.45) is 0 Å². The Morgan fingerprint density at radius 3 is 2.46 bits per heavy atom. The largest absolute Gasteiger partial charge is 0.421 e. The number of aromatic nitrogens is 1. The van der Waals surface area contributed by atoms with Crippen molar-refractivity contribution in [1.29, 1.82) is 0 Å². The number of nitrogens with zero attached hydrogens (tertiary/aromatic N) is 2. The summed E-state index contributed by atoms with van der Waals surface area (Å²) in [6, 6.07) is 11.6. The van der Waals surface area contributed by atoms with Crippen molar-refractivity contribution in [1.82, 2.24) is 9.47 Å². The van der Waals surface area contributed by atoms with Crippen molar-refractivity contribution >= 4 is 26.8 Å². The predicted molar refractivity (Wildman–Crippen MR) is 108 cm³/mol. The molecule has 0 bridgehead atoms. The molecular weight excluding hydrogens is 378 g/mol. The lowest BCUT2D eigenvalue weighted by atomic mass is 10.1. The van der Waals surface area contributed by atoms with E-state index in [9.17, 15) is 13.2 Å². The Kier molecular flexibility index (Phi) is 4.99. The molecule has 2 heterocycles. The number of oxazole rings is 1. The van der Waals surface area contributed by atoms with Gasteiger partial charge >= 0.3 is 5.76 Å². The third-order valence-corrected chi connectivity index (χ3v) is 6.42. The van der Waals surface area contributed by atoms with E-state index in [0.29, 0.717) is 17.9 Å². The summed E-state index contributed by atoms with van der Waals surface area (Å²) in [5, 5.41) is 0. The van der Waals surface area contributed by atoms with Gasteiger partial charge < -0.3 is 4.42 Å².